The third kappa shape index (κ3) is 3.50. The number of urea groups is 1. The van der Waals surface area contributed by atoms with E-state index in [4.69, 9.17) is 5.11 Å². The number of likely N-dealkylation sites (tertiary alicyclic amines) is 1. The van der Waals surface area contributed by atoms with Crippen LogP contribution in [0.1, 0.15) is 38.5 Å². The van der Waals surface area contributed by atoms with Crippen molar-refractivity contribution in [2.24, 2.45) is 0 Å². The minimum atomic E-state index is -0.994. The van der Waals surface area contributed by atoms with Gasteiger partial charge >= 0.3 is 12.0 Å². The molecule has 3 N–H and O–H groups in total. The van der Waals surface area contributed by atoms with Gasteiger partial charge in [0.2, 0.25) is 5.91 Å². The predicted molar refractivity (Wildman–Crippen MR) is 71.3 cm³/mol. The summed E-state index contributed by atoms with van der Waals surface area (Å²) >= 11 is 0. The highest BCUT2D eigenvalue weighted by atomic mass is 16.4. The Morgan fingerprint density at radius 3 is 2.57 bits per heavy atom. The number of hydrogen-bond acceptors (Lipinski definition) is 4. The molecule has 2 fully saturated rings. The van der Waals surface area contributed by atoms with Crippen LogP contribution in [0.2, 0.25) is 0 Å². The van der Waals surface area contributed by atoms with E-state index >= 15 is 0 Å². The van der Waals surface area contributed by atoms with Gasteiger partial charge in [-0.3, -0.25) is 19.7 Å². The zero-order valence-electron chi connectivity index (χ0n) is 11.7. The van der Waals surface area contributed by atoms with Gasteiger partial charge in [0.25, 0.3) is 5.91 Å². The van der Waals surface area contributed by atoms with E-state index in [1.165, 1.54) is 0 Å². The molecular weight excluding hydrogens is 278 g/mol. The smallest absolute Gasteiger partial charge is 0.322 e. The lowest BCUT2D eigenvalue weighted by Crippen LogP contribution is -2.59. The van der Waals surface area contributed by atoms with Gasteiger partial charge in [-0.2, -0.15) is 0 Å². The molecule has 0 bridgehead atoms. The van der Waals surface area contributed by atoms with E-state index in [0.717, 1.165) is 0 Å². The van der Waals surface area contributed by atoms with Crippen LogP contribution < -0.4 is 10.6 Å². The van der Waals surface area contributed by atoms with Crippen molar-refractivity contribution in [3.05, 3.63) is 0 Å². The number of nitrogens with one attached hydrogen (secondary N) is 2. The number of amides is 4. The summed E-state index contributed by atoms with van der Waals surface area (Å²) in [4.78, 5) is 47.2. The molecule has 2 heterocycles. The highest BCUT2D eigenvalue weighted by molar-refractivity contribution is 6.07. The molecule has 0 aromatic heterocycles. The van der Waals surface area contributed by atoms with Gasteiger partial charge in [0.05, 0.1) is 6.54 Å². The molecule has 2 aliphatic heterocycles. The number of carboxylic acids is 1. The molecular formula is C13H19N3O5. The molecule has 2 aliphatic rings. The van der Waals surface area contributed by atoms with Crippen LogP contribution >= 0.6 is 0 Å². The molecule has 2 rings (SSSR count). The van der Waals surface area contributed by atoms with Gasteiger partial charge in [-0.05, 0) is 25.7 Å². The fourth-order valence-corrected chi connectivity index (χ4v) is 2.79. The highest BCUT2D eigenvalue weighted by Gasteiger charge is 2.49. The number of piperidine rings is 1. The maximum atomic E-state index is 12.1. The zero-order chi connectivity index (χ0) is 15.5. The fraction of sp³-hybridized carbons (Fsp3) is 0.692. The van der Waals surface area contributed by atoms with E-state index < -0.39 is 17.5 Å². The molecule has 116 valence electrons. The van der Waals surface area contributed by atoms with Crippen LogP contribution in [0.15, 0.2) is 0 Å². The number of carboxylic acid groups (broad SMARTS) is 1. The highest BCUT2D eigenvalue weighted by Crippen LogP contribution is 2.25. The van der Waals surface area contributed by atoms with E-state index in [9.17, 15) is 19.2 Å². The van der Waals surface area contributed by atoms with Crippen molar-refractivity contribution in [1.82, 2.24) is 15.5 Å². The monoisotopic (exact) mass is 297 g/mol. The van der Waals surface area contributed by atoms with Crippen molar-refractivity contribution >= 4 is 23.8 Å². The Bertz CT molecular complexity index is 478. The number of aliphatic carboxylic acids is 1. The lowest BCUT2D eigenvalue weighted by atomic mass is 9.89. The molecule has 2 saturated heterocycles. The van der Waals surface area contributed by atoms with Crippen LogP contribution in [0.4, 0.5) is 4.79 Å². The first-order chi connectivity index (χ1) is 9.93. The zero-order valence-corrected chi connectivity index (χ0v) is 11.7. The Morgan fingerprint density at radius 1 is 1.24 bits per heavy atom. The summed E-state index contributed by atoms with van der Waals surface area (Å²) in [5.74, 6) is -1.35. The van der Waals surface area contributed by atoms with Crippen molar-refractivity contribution in [3.63, 3.8) is 0 Å². The summed E-state index contributed by atoms with van der Waals surface area (Å²) in [7, 11) is 0. The van der Waals surface area contributed by atoms with Gasteiger partial charge in [0.1, 0.15) is 5.54 Å². The average Bonchev–Trinajstić information content (AvgIpc) is 2.68. The quantitative estimate of drug-likeness (QED) is 0.481. The lowest BCUT2D eigenvalue weighted by molar-refractivity contribution is -0.138. The second-order valence-electron chi connectivity index (χ2n) is 5.51. The lowest BCUT2D eigenvalue weighted by Gasteiger charge is -2.38. The Kier molecular flexibility index (Phi) is 4.44. The summed E-state index contributed by atoms with van der Waals surface area (Å²) in [6.45, 7) is 0.741. The number of imide groups is 1. The van der Waals surface area contributed by atoms with Crippen LogP contribution in [0, 0.1) is 0 Å². The maximum absolute atomic E-state index is 12.1. The molecule has 0 aromatic rings. The number of hydrogen-bond donors (Lipinski definition) is 3. The molecule has 8 nitrogen and oxygen atoms in total. The first-order valence-electron chi connectivity index (χ1n) is 7.06. The number of nitrogens with zero attached hydrogens (tertiary/aromatic N) is 1. The van der Waals surface area contributed by atoms with Crippen LogP contribution in [0.25, 0.3) is 0 Å². The third-order valence-corrected chi connectivity index (χ3v) is 3.89. The van der Waals surface area contributed by atoms with Crippen molar-refractivity contribution in [2.45, 2.75) is 44.1 Å². The average molecular weight is 297 g/mol. The molecule has 0 aromatic carbocycles. The SMILES string of the molecule is O=C(O)CCCCC(=O)N1CCCC2(C1)NC(=O)NC2=O. The summed E-state index contributed by atoms with van der Waals surface area (Å²) in [6, 6.07) is -0.518. The summed E-state index contributed by atoms with van der Waals surface area (Å²) in [5.41, 5.74) is -0.994. The van der Waals surface area contributed by atoms with Crippen LogP contribution in [0.5, 0.6) is 0 Å². The molecule has 0 radical (unpaired) electrons. The van der Waals surface area contributed by atoms with Crippen molar-refractivity contribution in [1.29, 1.82) is 0 Å². The van der Waals surface area contributed by atoms with E-state index in [1.807, 2.05) is 0 Å². The van der Waals surface area contributed by atoms with Gasteiger partial charge in [0.15, 0.2) is 0 Å². The molecule has 1 unspecified atom stereocenters. The Balaban J connectivity index is 1.86. The number of carbonyl (C=O) groups is 4. The predicted octanol–water partition coefficient (Wildman–Crippen LogP) is -0.168. The Hall–Kier alpha value is -2.12. The van der Waals surface area contributed by atoms with E-state index in [1.54, 1.807) is 4.90 Å². The second-order valence-corrected chi connectivity index (χ2v) is 5.51. The van der Waals surface area contributed by atoms with Gasteiger partial charge in [-0.15, -0.1) is 0 Å². The van der Waals surface area contributed by atoms with Crippen molar-refractivity contribution < 1.29 is 24.3 Å². The van der Waals surface area contributed by atoms with E-state index in [2.05, 4.69) is 10.6 Å². The largest absolute Gasteiger partial charge is 0.481 e. The van der Waals surface area contributed by atoms with Gasteiger partial charge in [-0.1, -0.05) is 0 Å². The Labute approximate surface area is 121 Å². The first kappa shape index (κ1) is 15.3. The number of carbonyl (C=O) groups excluding carboxylic acids is 3. The summed E-state index contributed by atoms with van der Waals surface area (Å²) in [5, 5.41) is 13.4. The maximum Gasteiger partial charge on any atom is 0.322 e. The Morgan fingerprint density at radius 2 is 1.95 bits per heavy atom. The van der Waals surface area contributed by atoms with Crippen LogP contribution in [-0.4, -0.2) is 52.4 Å². The topological polar surface area (TPSA) is 116 Å². The molecule has 0 aliphatic carbocycles. The fourth-order valence-electron chi connectivity index (χ4n) is 2.79. The molecule has 1 atom stereocenters. The van der Waals surface area contributed by atoms with Gasteiger partial charge in [-0.25, -0.2) is 4.79 Å². The first-order valence-corrected chi connectivity index (χ1v) is 7.06. The van der Waals surface area contributed by atoms with E-state index in [-0.39, 0.29) is 31.2 Å². The molecule has 0 saturated carbocycles. The molecule has 1 spiro atoms. The normalized spacial score (nSPS) is 24.9. The van der Waals surface area contributed by atoms with Crippen LogP contribution in [-0.2, 0) is 14.4 Å². The standard InChI is InChI=1S/C13H19N3O5/c17-9(4-1-2-5-10(18)19)16-7-3-6-13(8-16)11(20)14-12(21)15-13/h1-8H2,(H,18,19)(H2,14,15,20,21). The second kappa shape index (κ2) is 6.11. The number of rotatable bonds is 5. The molecule has 8 heteroatoms. The van der Waals surface area contributed by atoms with Gasteiger partial charge < -0.3 is 15.3 Å². The number of unbranched alkanes of at least 4 members (excludes halogenated alkanes) is 1. The summed E-state index contributed by atoms with van der Waals surface area (Å²) < 4.78 is 0. The van der Waals surface area contributed by atoms with Crippen molar-refractivity contribution in [2.75, 3.05) is 13.1 Å². The van der Waals surface area contributed by atoms with Crippen LogP contribution in [0.3, 0.4) is 0 Å². The minimum absolute atomic E-state index is 0.0513. The van der Waals surface area contributed by atoms with Gasteiger partial charge in [0, 0.05) is 19.4 Å². The van der Waals surface area contributed by atoms with E-state index in [0.29, 0.717) is 32.2 Å². The third-order valence-electron chi connectivity index (χ3n) is 3.89. The molecule has 21 heavy (non-hydrogen) atoms. The summed E-state index contributed by atoms with van der Waals surface area (Å²) in [6.07, 6.45) is 2.45. The molecule has 4 amide bonds. The van der Waals surface area contributed by atoms with Crippen molar-refractivity contribution in [3.8, 4) is 0 Å². The minimum Gasteiger partial charge on any atom is -0.481 e.